The fourth-order valence-corrected chi connectivity index (χ4v) is 1.29. The van der Waals surface area contributed by atoms with E-state index in [9.17, 15) is 4.79 Å². The van der Waals surface area contributed by atoms with Crippen molar-refractivity contribution >= 4 is 5.97 Å². The summed E-state index contributed by atoms with van der Waals surface area (Å²) in [6, 6.07) is 1.94. The molecule has 0 aromatic carbocycles. The Morgan fingerprint density at radius 1 is 1.56 bits per heavy atom. The molecule has 1 aromatic heterocycles. The number of carboxylic acids is 1. The first-order chi connectivity index (χ1) is 7.43. The molecule has 0 atom stereocenters. The molecule has 0 spiro atoms. The predicted octanol–water partition coefficient (Wildman–Crippen LogP) is 1.59. The summed E-state index contributed by atoms with van der Waals surface area (Å²) >= 11 is 0. The van der Waals surface area contributed by atoms with E-state index in [-0.39, 0.29) is 0 Å². The molecular formula is C12H18N2O2. The lowest BCUT2D eigenvalue weighted by Gasteiger charge is -2.19. The van der Waals surface area contributed by atoms with Gasteiger partial charge in [0.25, 0.3) is 0 Å². The molecule has 1 aromatic rings. The number of carboxylic acid groups (broad SMARTS) is 1. The van der Waals surface area contributed by atoms with Crippen LogP contribution in [0.3, 0.4) is 0 Å². The van der Waals surface area contributed by atoms with Crippen LogP contribution in [-0.4, -0.2) is 22.6 Å². The average molecular weight is 222 g/mol. The van der Waals surface area contributed by atoms with Crippen molar-refractivity contribution < 1.29 is 9.90 Å². The van der Waals surface area contributed by atoms with Crippen molar-refractivity contribution in [1.29, 1.82) is 0 Å². The zero-order valence-corrected chi connectivity index (χ0v) is 9.95. The lowest BCUT2D eigenvalue weighted by molar-refractivity contribution is -0.146. The molecule has 0 unspecified atom stereocenters. The van der Waals surface area contributed by atoms with E-state index < -0.39 is 11.4 Å². The molecule has 0 aliphatic heterocycles. The predicted molar refractivity (Wildman–Crippen MR) is 62.1 cm³/mol. The van der Waals surface area contributed by atoms with Gasteiger partial charge < -0.3 is 10.4 Å². The minimum Gasteiger partial charge on any atom is -0.481 e. The van der Waals surface area contributed by atoms with E-state index in [0.717, 1.165) is 11.1 Å². The molecule has 0 saturated carbocycles. The number of hydrogen-bond donors (Lipinski definition) is 2. The summed E-state index contributed by atoms with van der Waals surface area (Å²) in [7, 11) is 0. The normalized spacial score (nSPS) is 11.4. The summed E-state index contributed by atoms with van der Waals surface area (Å²) in [6.07, 6.45) is 3.55. The van der Waals surface area contributed by atoms with Gasteiger partial charge in [-0.15, -0.1) is 0 Å². The standard InChI is InChI=1S/C12H18N2O2/c1-9-6-13-5-4-10(9)7-14-8-12(2,3)11(15)16/h4-6,14H,7-8H2,1-3H3,(H,15,16). The SMILES string of the molecule is Cc1cnccc1CNCC(C)(C)C(=O)O. The molecule has 1 heterocycles. The highest BCUT2D eigenvalue weighted by Gasteiger charge is 2.26. The molecule has 88 valence electrons. The molecule has 4 heteroatoms. The van der Waals surface area contributed by atoms with Crippen molar-refractivity contribution in [3.8, 4) is 0 Å². The number of pyridine rings is 1. The maximum atomic E-state index is 10.9. The van der Waals surface area contributed by atoms with Gasteiger partial charge in [0.2, 0.25) is 0 Å². The summed E-state index contributed by atoms with van der Waals surface area (Å²) in [5.74, 6) is -0.786. The van der Waals surface area contributed by atoms with Gasteiger partial charge in [-0.3, -0.25) is 9.78 Å². The molecule has 16 heavy (non-hydrogen) atoms. The van der Waals surface area contributed by atoms with Crippen LogP contribution in [0.1, 0.15) is 25.0 Å². The highest BCUT2D eigenvalue weighted by Crippen LogP contribution is 2.13. The van der Waals surface area contributed by atoms with Gasteiger partial charge >= 0.3 is 5.97 Å². The minimum absolute atomic E-state index is 0.449. The Labute approximate surface area is 95.7 Å². The highest BCUT2D eigenvalue weighted by atomic mass is 16.4. The fraction of sp³-hybridized carbons (Fsp3) is 0.500. The molecule has 4 nitrogen and oxygen atoms in total. The van der Waals surface area contributed by atoms with Crippen molar-refractivity contribution in [3.05, 3.63) is 29.6 Å². The smallest absolute Gasteiger partial charge is 0.310 e. The average Bonchev–Trinajstić information content (AvgIpc) is 2.20. The lowest BCUT2D eigenvalue weighted by Crippen LogP contribution is -2.35. The highest BCUT2D eigenvalue weighted by molar-refractivity contribution is 5.73. The first-order valence-electron chi connectivity index (χ1n) is 5.27. The number of aliphatic carboxylic acids is 1. The van der Waals surface area contributed by atoms with Gasteiger partial charge in [-0.1, -0.05) is 0 Å². The topological polar surface area (TPSA) is 62.2 Å². The Kier molecular flexibility index (Phi) is 4.01. The summed E-state index contributed by atoms with van der Waals surface area (Å²) in [4.78, 5) is 14.9. The van der Waals surface area contributed by atoms with Gasteiger partial charge in [0.05, 0.1) is 5.41 Å². The third kappa shape index (κ3) is 3.31. The van der Waals surface area contributed by atoms with Crippen LogP contribution in [0.4, 0.5) is 0 Å². The number of carbonyl (C=O) groups is 1. The van der Waals surface area contributed by atoms with E-state index in [1.54, 1.807) is 26.2 Å². The third-order valence-electron chi connectivity index (χ3n) is 2.60. The molecule has 0 saturated heterocycles. The van der Waals surface area contributed by atoms with Crippen molar-refractivity contribution in [3.63, 3.8) is 0 Å². The minimum atomic E-state index is -0.786. The van der Waals surface area contributed by atoms with Gasteiger partial charge in [0.1, 0.15) is 0 Å². The lowest BCUT2D eigenvalue weighted by atomic mass is 9.94. The van der Waals surface area contributed by atoms with Crippen LogP contribution in [0.15, 0.2) is 18.5 Å². The summed E-state index contributed by atoms with van der Waals surface area (Å²) < 4.78 is 0. The fourth-order valence-electron chi connectivity index (χ4n) is 1.29. The van der Waals surface area contributed by atoms with Crippen molar-refractivity contribution in [1.82, 2.24) is 10.3 Å². The quantitative estimate of drug-likeness (QED) is 0.794. The molecular weight excluding hydrogens is 204 g/mol. The number of hydrogen-bond acceptors (Lipinski definition) is 3. The zero-order valence-electron chi connectivity index (χ0n) is 9.95. The summed E-state index contributed by atoms with van der Waals surface area (Å²) in [6.45, 7) is 6.53. The van der Waals surface area contributed by atoms with Crippen LogP contribution in [0.2, 0.25) is 0 Å². The van der Waals surface area contributed by atoms with Crippen molar-refractivity contribution in [2.45, 2.75) is 27.3 Å². The molecule has 1 rings (SSSR count). The molecule has 2 N–H and O–H groups in total. The Hall–Kier alpha value is -1.42. The molecule has 0 bridgehead atoms. The maximum Gasteiger partial charge on any atom is 0.310 e. The second-order valence-electron chi connectivity index (χ2n) is 4.59. The molecule has 0 aliphatic rings. The first kappa shape index (κ1) is 12.6. The van der Waals surface area contributed by atoms with E-state index in [0.29, 0.717) is 13.1 Å². The van der Waals surface area contributed by atoms with Crippen molar-refractivity contribution in [2.75, 3.05) is 6.54 Å². The summed E-state index contributed by atoms with van der Waals surface area (Å²) in [5.41, 5.74) is 1.53. The second-order valence-corrected chi connectivity index (χ2v) is 4.59. The van der Waals surface area contributed by atoms with E-state index >= 15 is 0 Å². The zero-order chi connectivity index (χ0) is 12.2. The molecule has 0 fully saturated rings. The first-order valence-corrected chi connectivity index (χ1v) is 5.27. The van der Waals surface area contributed by atoms with Crippen LogP contribution in [-0.2, 0) is 11.3 Å². The Morgan fingerprint density at radius 2 is 2.25 bits per heavy atom. The Bertz CT molecular complexity index is 375. The molecule has 0 radical (unpaired) electrons. The summed E-state index contributed by atoms with van der Waals surface area (Å²) in [5, 5.41) is 12.1. The van der Waals surface area contributed by atoms with Crippen LogP contribution in [0.5, 0.6) is 0 Å². The number of rotatable bonds is 5. The van der Waals surface area contributed by atoms with Crippen LogP contribution < -0.4 is 5.32 Å². The van der Waals surface area contributed by atoms with Gasteiger partial charge in [0.15, 0.2) is 0 Å². The van der Waals surface area contributed by atoms with Gasteiger partial charge in [-0.25, -0.2) is 0 Å². The van der Waals surface area contributed by atoms with Gasteiger partial charge in [-0.05, 0) is 38.0 Å². The van der Waals surface area contributed by atoms with Crippen LogP contribution in [0, 0.1) is 12.3 Å². The number of nitrogens with zero attached hydrogens (tertiary/aromatic N) is 1. The van der Waals surface area contributed by atoms with E-state index in [1.807, 2.05) is 13.0 Å². The number of nitrogens with one attached hydrogen (secondary N) is 1. The monoisotopic (exact) mass is 222 g/mol. The molecule has 0 aliphatic carbocycles. The maximum absolute atomic E-state index is 10.9. The van der Waals surface area contributed by atoms with Gasteiger partial charge in [-0.2, -0.15) is 0 Å². The second kappa shape index (κ2) is 5.07. The largest absolute Gasteiger partial charge is 0.481 e. The third-order valence-corrected chi connectivity index (χ3v) is 2.60. The van der Waals surface area contributed by atoms with Crippen LogP contribution >= 0.6 is 0 Å². The van der Waals surface area contributed by atoms with Crippen LogP contribution in [0.25, 0.3) is 0 Å². The van der Waals surface area contributed by atoms with E-state index in [2.05, 4.69) is 10.3 Å². The number of aryl methyl sites for hydroxylation is 1. The Balaban J connectivity index is 2.48. The molecule has 0 amide bonds. The number of aromatic nitrogens is 1. The van der Waals surface area contributed by atoms with E-state index in [1.165, 1.54) is 0 Å². The Morgan fingerprint density at radius 3 is 2.81 bits per heavy atom. The van der Waals surface area contributed by atoms with E-state index in [4.69, 9.17) is 5.11 Å². The van der Waals surface area contributed by atoms with Crippen molar-refractivity contribution in [2.24, 2.45) is 5.41 Å². The van der Waals surface area contributed by atoms with Gasteiger partial charge in [0, 0.05) is 25.5 Å².